The number of rotatable bonds is 5. The van der Waals surface area contributed by atoms with E-state index in [0.717, 1.165) is 37.7 Å². The third-order valence-corrected chi connectivity index (χ3v) is 3.93. The molecule has 0 aliphatic heterocycles. The lowest BCUT2D eigenvalue weighted by Crippen LogP contribution is -2.42. The zero-order chi connectivity index (χ0) is 14.4. The maximum atomic E-state index is 12.2. The summed E-state index contributed by atoms with van der Waals surface area (Å²) in [5, 5.41) is 2.92. The first kappa shape index (κ1) is 14.5. The van der Waals surface area contributed by atoms with Crippen molar-refractivity contribution in [2.24, 2.45) is 17.6 Å². The van der Waals surface area contributed by atoms with Crippen LogP contribution >= 0.6 is 0 Å². The summed E-state index contributed by atoms with van der Waals surface area (Å²) in [6, 6.07) is 3.86. The zero-order valence-corrected chi connectivity index (χ0v) is 11.5. The molecule has 1 saturated carbocycles. The lowest BCUT2D eigenvalue weighted by atomic mass is 9.78. The van der Waals surface area contributed by atoms with E-state index in [-0.39, 0.29) is 23.7 Å². The standard InChI is InChI=1S/C15H21N3O2/c16-14(19)12-3-1-2-4-13(12)15(20)18-10-7-11-5-8-17-9-6-11/h5-6,8-9,12-13H,1-4,7,10H2,(H2,16,19)(H,18,20)/t12-,13+/m0/s1. The Balaban J connectivity index is 1.83. The summed E-state index contributed by atoms with van der Waals surface area (Å²) in [5.41, 5.74) is 6.52. The van der Waals surface area contributed by atoms with E-state index in [2.05, 4.69) is 10.3 Å². The number of nitrogens with zero attached hydrogens (tertiary/aromatic N) is 1. The van der Waals surface area contributed by atoms with Crippen LogP contribution < -0.4 is 11.1 Å². The SMILES string of the molecule is NC(=O)[C@H]1CCCC[C@H]1C(=O)NCCc1ccncc1. The highest BCUT2D eigenvalue weighted by molar-refractivity contribution is 5.87. The van der Waals surface area contributed by atoms with Crippen molar-refractivity contribution in [3.8, 4) is 0 Å². The van der Waals surface area contributed by atoms with Crippen molar-refractivity contribution in [3.05, 3.63) is 30.1 Å². The molecule has 1 aromatic heterocycles. The number of primary amides is 1. The van der Waals surface area contributed by atoms with Crippen LogP contribution in [0.2, 0.25) is 0 Å². The van der Waals surface area contributed by atoms with E-state index in [9.17, 15) is 9.59 Å². The van der Waals surface area contributed by atoms with Gasteiger partial charge < -0.3 is 11.1 Å². The van der Waals surface area contributed by atoms with Gasteiger partial charge in [0, 0.05) is 30.8 Å². The molecule has 0 aromatic carbocycles. The molecule has 5 heteroatoms. The van der Waals surface area contributed by atoms with Crippen molar-refractivity contribution >= 4 is 11.8 Å². The van der Waals surface area contributed by atoms with E-state index >= 15 is 0 Å². The summed E-state index contributed by atoms with van der Waals surface area (Å²) in [6.07, 6.45) is 7.71. The smallest absolute Gasteiger partial charge is 0.223 e. The molecule has 2 amide bonds. The summed E-state index contributed by atoms with van der Waals surface area (Å²) in [7, 11) is 0. The minimum Gasteiger partial charge on any atom is -0.369 e. The highest BCUT2D eigenvalue weighted by Gasteiger charge is 2.34. The van der Waals surface area contributed by atoms with Crippen LogP contribution in [0.3, 0.4) is 0 Å². The second kappa shape index (κ2) is 7.03. The average Bonchev–Trinajstić information content (AvgIpc) is 2.48. The van der Waals surface area contributed by atoms with Crippen molar-refractivity contribution in [1.82, 2.24) is 10.3 Å². The van der Waals surface area contributed by atoms with E-state index in [0.29, 0.717) is 6.54 Å². The van der Waals surface area contributed by atoms with Crippen LogP contribution in [-0.2, 0) is 16.0 Å². The number of hydrogen-bond acceptors (Lipinski definition) is 3. The summed E-state index contributed by atoms with van der Waals surface area (Å²) in [5.74, 6) is -0.940. The topological polar surface area (TPSA) is 85.1 Å². The second-order valence-electron chi connectivity index (χ2n) is 5.30. The maximum absolute atomic E-state index is 12.2. The molecule has 5 nitrogen and oxygen atoms in total. The van der Waals surface area contributed by atoms with E-state index in [1.54, 1.807) is 12.4 Å². The minimum absolute atomic E-state index is 0.0393. The Morgan fingerprint density at radius 3 is 2.50 bits per heavy atom. The van der Waals surface area contributed by atoms with Crippen LogP contribution in [0.1, 0.15) is 31.2 Å². The van der Waals surface area contributed by atoms with E-state index in [1.807, 2.05) is 12.1 Å². The van der Waals surface area contributed by atoms with Gasteiger partial charge in [-0.1, -0.05) is 12.8 Å². The van der Waals surface area contributed by atoms with Gasteiger partial charge in [0.05, 0.1) is 0 Å². The quantitative estimate of drug-likeness (QED) is 0.841. The summed E-state index contributed by atoms with van der Waals surface area (Å²) < 4.78 is 0. The fourth-order valence-corrected chi connectivity index (χ4v) is 2.80. The first-order chi connectivity index (χ1) is 9.68. The van der Waals surface area contributed by atoms with Gasteiger partial charge >= 0.3 is 0 Å². The van der Waals surface area contributed by atoms with E-state index in [1.165, 1.54) is 0 Å². The highest BCUT2D eigenvalue weighted by Crippen LogP contribution is 2.29. The lowest BCUT2D eigenvalue weighted by molar-refractivity contribution is -0.134. The van der Waals surface area contributed by atoms with Gasteiger partial charge in [-0.15, -0.1) is 0 Å². The van der Waals surface area contributed by atoms with Gasteiger partial charge in [0.1, 0.15) is 0 Å². The molecule has 1 fully saturated rings. The Bertz CT molecular complexity index is 461. The average molecular weight is 275 g/mol. The van der Waals surface area contributed by atoms with Crippen LogP contribution in [-0.4, -0.2) is 23.3 Å². The van der Waals surface area contributed by atoms with Crippen LogP contribution in [0.15, 0.2) is 24.5 Å². The fraction of sp³-hybridized carbons (Fsp3) is 0.533. The largest absolute Gasteiger partial charge is 0.369 e. The number of hydrogen-bond donors (Lipinski definition) is 2. The highest BCUT2D eigenvalue weighted by atomic mass is 16.2. The normalized spacial score (nSPS) is 22.2. The molecule has 108 valence electrons. The molecule has 1 aliphatic rings. The number of nitrogens with one attached hydrogen (secondary N) is 1. The molecule has 20 heavy (non-hydrogen) atoms. The molecule has 1 heterocycles. The Labute approximate surface area is 119 Å². The van der Waals surface area contributed by atoms with Gasteiger partial charge in [0.25, 0.3) is 0 Å². The molecule has 3 N–H and O–H groups in total. The van der Waals surface area contributed by atoms with Crippen molar-refractivity contribution in [2.75, 3.05) is 6.54 Å². The van der Waals surface area contributed by atoms with Gasteiger partial charge in [-0.3, -0.25) is 14.6 Å². The van der Waals surface area contributed by atoms with Crippen molar-refractivity contribution in [2.45, 2.75) is 32.1 Å². The van der Waals surface area contributed by atoms with E-state index in [4.69, 9.17) is 5.73 Å². The van der Waals surface area contributed by atoms with Crippen LogP contribution in [0.4, 0.5) is 0 Å². The van der Waals surface area contributed by atoms with Crippen molar-refractivity contribution < 1.29 is 9.59 Å². The Morgan fingerprint density at radius 2 is 1.85 bits per heavy atom. The Kier molecular flexibility index (Phi) is 5.09. The first-order valence-electron chi connectivity index (χ1n) is 7.14. The second-order valence-corrected chi connectivity index (χ2v) is 5.30. The van der Waals surface area contributed by atoms with Crippen LogP contribution in [0.5, 0.6) is 0 Å². The number of nitrogens with two attached hydrogens (primary N) is 1. The molecule has 2 rings (SSSR count). The van der Waals surface area contributed by atoms with Gasteiger partial charge in [0.15, 0.2) is 0 Å². The molecule has 1 aromatic rings. The predicted octanol–water partition coefficient (Wildman–Crippen LogP) is 1.03. The molecule has 0 radical (unpaired) electrons. The molecule has 0 saturated heterocycles. The first-order valence-corrected chi connectivity index (χ1v) is 7.14. The predicted molar refractivity (Wildman–Crippen MR) is 75.6 cm³/mol. The van der Waals surface area contributed by atoms with Crippen molar-refractivity contribution in [3.63, 3.8) is 0 Å². The third-order valence-electron chi connectivity index (χ3n) is 3.93. The lowest BCUT2D eigenvalue weighted by Gasteiger charge is -2.28. The van der Waals surface area contributed by atoms with Gasteiger partial charge in [-0.05, 0) is 37.0 Å². The number of carbonyl (C=O) groups is 2. The molecule has 0 bridgehead atoms. The van der Waals surface area contributed by atoms with Gasteiger partial charge in [-0.2, -0.15) is 0 Å². The zero-order valence-electron chi connectivity index (χ0n) is 11.5. The number of amides is 2. The minimum atomic E-state index is -0.348. The van der Waals surface area contributed by atoms with Gasteiger partial charge in [0.2, 0.25) is 11.8 Å². The Hall–Kier alpha value is -1.91. The van der Waals surface area contributed by atoms with Crippen molar-refractivity contribution in [1.29, 1.82) is 0 Å². The molecule has 1 aliphatic carbocycles. The Morgan fingerprint density at radius 1 is 1.20 bits per heavy atom. The molecular weight excluding hydrogens is 254 g/mol. The number of carbonyl (C=O) groups excluding carboxylic acids is 2. The summed E-state index contributed by atoms with van der Waals surface area (Å²) in [6.45, 7) is 0.574. The number of aromatic nitrogens is 1. The molecule has 0 spiro atoms. The van der Waals surface area contributed by atoms with E-state index < -0.39 is 0 Å². The summed E-state index contributed by atoms with van der Waals surface area (Å²) >= 11 is 0. The van der Waals surface area contributed by atoms with Crippen LogP contribution in [0.25, 0.3) is 0 Å². The number of pyridine rings is 1. The third kappa shape index (κ3) is 3.79. The van der Waals surface area contributed by atoms with Gasteiger partial charge in [-0.25, -0.2) is 0 Å². The monoisotopic (exact) mass is 275 g/mol. The summed E-state index contributed by atoms with van der Waals surface area (Å²) in [4.78, 5) is 27.5. The molecule has 2 atom stereocenters. The fourth-order valence-electron chi connectivity index (χ4n) is 2.80. The van der Waals surface area contributed by atoms with Crippen LogP contribution in [0, 0.1) is 11.8 Å². The molecular formula is C15H21N3O2. The molecule has 0 unspecified atom stereocenters. The maximum Gasteiger partial charge on any atom is 0.223 e.